The SMILES string of the molecule is c1ccc(-c2ccc(N(c3ccccc3)c3ccc(C4(c5ccccc5)c5ccccc5-c5ccccc54)cc3)cc2)cc1.c1cnc2c([O][Al]([O]c3cccc4cccnc34)[O]c3cccc4cccnc34)cccc2c1. The van der Waals surface area contributed by atoms with Gasteiger partial charge in [-0.15, -0.1) is 0 Å². The summed E-state index contributed by atoms with van der Waals surface area (Å²) in [4.78, 5) is 15.9. The zero-order chi connectivity index (χ0) is 52.1. The molecule has 0 atom stereocenters. The standard InChI is InChI=1S/C43H31N.3C9H7NO.Al/c1-4-14-32(15-5-1)33-24-28-37(29-25-33)44(36-18-8-3-9-19-36)38-30-26-35(27-31-38)43(34-16-6-2-7-17-34)41-22-12-10-20-39(41)40-21-11-13-23-42(40)43;3*11-8-5-1-3-7-4-2-6-10-9(7)8;/h1-31H;3*1-6,11H;/q;;;;+3/p-3. The number of fused-ring (bicyclic) bond motifs is 6. The Balaban J connectivity index is 0.000000153. The van der Waals surface area contributed by atoms with Gasteiger partial charge in [0.25, 0.3) is 0 Å². The highest BCUT2D eigenvalue weighted by atomic mass is 27.3. The number of pyridine rings is 3. The molecule has 1 aliphatic carbocycles. The summed E-state index contributed by atoms with van der Waals surface area (Å²) in [5.74, 6) is 1.82. The lowest BCUT2D eigenvalue weighted by molar-refractivity contribution is 0.311. The largest absolute Gasteiger partial charge is 1.20 e. The van der Waals surface area contributed by atoms with Crippen LogP contribution in [0, 0.1) is 0 Å². The van der Waals surface area contributed by atoms with Crippen molar-refractivity contribution in [3.05, 3.63) is 320 Å². The Labute approximate surface area is 458 Å². The molecule has 3 heterocycles. The van der Waals surface area contributed by atoms with Gasteiger partial charge in [-0.3, -0.25) is 15.0 Å². The number of benzene rings is 10. The van der Waals surface area contributed by atoms with Crippen LogP contribution in [0.25, 0.3) is 55.0 Å². The first-order valence-corrected chi connectivity index (χ1v) is 27.5. The molecule has 78 heavy (non-hydrogen) atoms. The highest BCUT2D eigenvalue weighted by Crippen LogP contribution is 2.56. The van der Waals surface area contributed by atoms with Gasteiger partial charge in [0.05, 0.1) is 5.41 Å². The lowest BCUT2D eigenvalue weighted by Crippen LogP contribution is -2.37. The van der Waals surface area contributed by atoms with Gasteiger partial charge in [0.15, 0.2) is 0 Å². The fourth-order valence-electron chi connectivity index (χ4n) is 10.9. The average molecular weight is 1020 g/mol. The normalized spacial score (nSPS) is 11.9. The van der Waals surface area contributed by atoms with Crippen molar-refractivity contribution in [1.82, 2.24) is 15.0 Å². The molecule has 3 aromatic heterocycles. The van der Waals surface area contributed by atoms with Crippen LogP contribution in [-0.4, -0.2) is 30.1 Å². The Morgan fingerprint density at radius 1 is 0.295 bits per heavy atom. The maximum atomic E-state index is 6.41. The lowest BCUT2D eigenvalue weighted by Gasteiger charge is -2.34. The van der Waals surface area contributed by atoms with Gasteiger partial charge in [-0.25, -0.2) is 0 Å². The summed E-state index contributed by atoms with van der Waals surface area (Å²) in [5, 5.41) is 2.93. The van der Waals surface area contributed by atoms with Gasteiger partial charge in [0.1, 0.15) is 33.8 Å². The van der Waals surface area contributed by atoms with Crippen molar-refractivity contribution in [2.24, 2.45) is 0 Å². The number of nitrogens with zero attached hydrogens (tertiary/aromatic N) is 4. The van der Waals surface area contributed by atoms with Crippen molar-refractivity contribution in [2.75, 3.05) is 4.90 Å². The van der Waals surface area contributed by atoms with Crippen LogP contribution in [0.15, 0.2) is 298 Å². The Morgan fingerprint density at radius 3 is 1.13 bits per heavy atom. The van der Waals surface area contributed by atoms with E-state index in [0.29, 0.717) is 17.2 Å². The molecule has 0 bridgehead atoms. The Hall–Kier alpha value is -9.84. The summed E-state index contributed by atoms with van der Waals surface area (Å²) in [6.45, 7) is 0. The third kappa shape index (κ3) is 9.16. The monoisotopic (exact) mass is 1020 g/mol. The molecule has 0 fully saturated rings. The van der Waals surface area contributed by atoms with Crippen molar-refractivity contribution in [1.29, 1.82) is 0 Å². The van der Waals surface area contributed by atoms with Crippen molar-refractivity contribution < 1.29 is 11.4 Å². The van der Waals surface area contributed by atoms with Crippen LogP contribution in [0.4, 0.5) is 17.1 Å². The molecule has 1 aliphatic rings. The van der Waals surface area contributed by atoms with Crippen molar-refractivity contribution in [3.63, 3.8) is 0 Å². The van der Waals surface area contributed by atoms with E-state index in [9.17, 15) is 0 Å². The quantitative estimate of drug-likeness (QED) is 0.113. The van der Waals surface area contributed by atoms with Gasteiger partial charge >= 0.3 is 15.1 Å². The van der Waals surface area contributed by atoms with Crippen LogP contribution in [0.1, 0.15) is 22.3 Å². The molecule has 0 saturated carbocycles. The molecule has 7 nitrogen and oxygen atoms in total. The van der Waals surface area contributed by atoms with E-state index in [-0.39, 0.29) is 0 Å². The molecule has 0 N–H and O–H groups in total. The van der Waals surface area contributed by atoms with Gasteiger partial charge in [-0.1, -0.05) is 206 Å². The van der Waals surface area contributed by atoms with E-state index in [4.69, 9.17) is 11.4 Å². The lowest BCUT2D eigenvalue weighted by atomic mass is 9.68. The summed E-state index contributed by atoms with van der Waals surface area (Å²) < 4.78 is 19.2. The zero-order valence-electron chi connectivity index (χ0n) is 42.4. The van der Waals surface area contributed by atoms with Crippen LogP contribution in [0.5, 0.6) is 17.2 Å². The molecule has 0 aliphatic heterocycles. The minimum Gasteiger partial charge on any atom is -0.576 e. The van der Waals surface area contributed by atoms with E-state index in [1.165, 1.54) is 44.5 Å². The van der Waals surface area contributed by atoms with Gasteiger partial charge in [0, 0.05) is 51.8 Å². The van der Waals surface area contributed by atoms with E-state index < -0.39 is 20.6 Å². The minimum atomic E-state index is -2.86. The second kappa shape index (κ2) is 21.4. The predicted molar refractivity (Wildman–Crippen MR) is 317 cm³/mol. The van der Waals surface area contributed by atoms with Gasteiger partial charge < -0.3 is 16.3 Å². The van der Waals surface area contributed by atoms with Gasteiger partial charge in [-0.2, -0.15) is 0 Å². The highest BCUT2D eigenvalue weighted by molar-refractivity contribution is 6.40. The van der Waals surface area contributed by atoms with Crippen LogP contribution in [0.3, 0.4) is 0 Å². The van der Waals surface area contributed by atoms with Crippen molar-refractivity contribution in [3.8, 4) is 39.5 Å². The van der Waals surface area contributed by atoms with Crippen LogP contribution in [-0.2, 0) is 5.41 Å². The van der Waals surface area contributed by atoms with E-state index in [1.54, 1.807) is 18.6 Å². The Bertz CT molecular complexity index is 3950. The number of rotatable bonds is 12. The molecule has 0 saturated heterocycles. The third-order valence-corrected chi connectivity index (χ3v) is 15.8. The van der Waals surface area contributed by atoms with E-state index in [1.807, 2.05) is 91.0 Å². The fraction of sp³-hybridized carbons (Fsp3) is 0.0143. The van der Waals surface area contributed by atoms with Crippen molar-refractivity contribution >= 4 is 64.9 Å². The van der Waals surface area contributed by atoms with Gasteiger partial charge in [0.2, 0.25) is 0 Å². The van der Waals surface area contributed by atoms with Crippen molar-refractivity contribution in [2.45, 2.75) is 5.41 Å². The van der Waals surface area contributed by atoms with Crippen LogP contribution >= 0.6 is 0 Å². The van der Waals surface area contributed by atoms with Crippen LogP contribution in [0.2, 0.25) is 0 Å². The zero-order valence-corrected chi connectivity index (χ0v) is 43.5. The molecule has 0 unspecified atom stereocenters. The Kier molecular flexibility index (Phi) is 13.1. The summed E-state index contributed by atoms with van der Waals surface area (Å²) in [5.41, 5.74) is 15.5. The molecule has 10 aromatic carbocycles. The average Bonchev–Trinajstić information content (AvgIpc) is 3.88. The van der Waals surface area contributed by atoms with E-state index in [2.05, 4.69) is 208 Å². The first-order chi connectivity index (χ1) is 38.7. The molecule has 370 valence electrons. The smallest absolute Gasteiger partial charge is 0.576 e. The summed E-state index contributed by atoms with van der Waals surface area (Å²) in [6, 6.07) is 97.2. The summed E-state index contributed by atoms with van der Waals surface area (Å²) in [6.07, 6.45) is 5.24. The highest BCUT2D eigenvalue weighted by Gasteiger charge is 2.47. The van der Waals surface area contributed by atoms with Crippen LogP contribution < -0.4 is 16.3 Å². The number of aromatic nitrogens is 3. The first kappa shape index (κ1) is 47.8. The molecule has 0 amide bonds. The molecule has 13 aromatic rings. The van der Waals surface area contributed by atoms with Gasteiger partial charge in [-0.05, 0) is 117 Å². The number of para-hydroxylation sites is 4. The molecule has 8 heteroatoms. The van der Waals surface area contributed by atoms with E-state index >= 15 is 0 Å². The molecular weight excluding hydrogens is 972 g/mol. The molecular formula is C70H49AlN4O3. The summed E-state index contributed by atoms with van der Waals surface area (Å²) in [7, 11) is 0. The number of hydrogen-bond acceptors (Lipinski definition) is 7. The third-order valence-electron chi connectivity index (χ3n) is 14.4. The topological polar surface area (TPSA) is 69.6 Å². The molecule has 14 rings (SSSR count). The maximum Gasteiger partial charge on any atom is 1.20 e. The second-order valence-electron chi connectivity index (χ2n) is 19.0. The minimum absolute atomic E-state index is 0.401. The molecule has 0 radical (unpaired) electrons. The fourth-order valence-corrected chi connectivity index (χ4v) is 12.3. The second-order valence-corrected chi connectivity index (χ2v) is 20.3. The maximum absolute atomic E-state index is 6.41. The first-order valence-electron chi connectivity index (χ1n) is 26.1. The number of anilines is 3. The summed E-state index contributed by atoms with van der Waals surface area (Å²) >= 11 is -2.86. The van der Waals surface area contributed by atoms with E-state index in [0.717, 1.165) is 49.8 Å². The Morgan fingerprint density at radius 2 is 0.654 bits per heavy atom. The number of hydrogen-bond donors (Lipinski definition) is 0. The molecule has 0 spiro atoms. The predicted octanol–water partition coefficient (Wildman–Crippen LogP) is 17.0.